The Hall–Kier alpha value is -1.33. The number of nitriles is 1. The molecule has 1 aliphatic heterocycles. The van der Waals surface area contributed by atoms with Gasteiger partial charge in [-0.25, -0.2) is 0 Å². The van der Waals surface area contributed by atoms with E-state index in [-0.39, 0.29) is 0 Å². The lowest BCUT2D eigenvalue weighted by atomic mass is 9.95. The van der Waals surface area contributed by atoms with Crippen LogP contribution in [0.1, 0.15) is 31.4 Å². The number of benzene rings is 1. The van der Waals surface area contributed by atoms with Crippen LogP contribution in [0.3, 0.4) is 0 Å². The second-order valence-corrected chi connectivity index (χ2v) is 5.34. The minimum atomic E-state index is 0.766. The molecule has 0 N–H and O–H groups in total. The molecule has 2 rings (SSSR count). The molecule has 0 radical (unpaired) electrons. The van der Waals surface area contributed by atoms with Gasteiger partial charge in [0.05, 0.1) is 11.6 Å². The van der Waals surface area contributed by atoms with Crippen molar-refractivity contribution in [3.63, 3.8) is 0 Å². The lowest BCUT2D eigenvalue weighted by molar-refractivity contribution is 0.297. The molecule has 0 unspecified atom stereocenters. The summed E-state index contributed by atoms with van der Waals surface area (Å²) in [5, 5.41) is 8.87. The molecule has 0 spiro atoms. The molecule has 0 saturated carbocycles. The van der Waals surface area contributed by atoms with Crippen LogP contribution in [0.4, 0.5) is 0 Å². The standard InChI is InChI=1S/C15H20N2/c1-12(2)15-6-7-17(11-15)10-14-5-3-4-13(8-14)9-16/h3-5,8,12,15H,6-7,10-11H2,1-2H3/t15-/m1/s1. The van der Waals surface area contributed by atoms with Crippen molar-refractivity contribution in [1.82, 2.24) is 4.90 Å². The van der Waals surface area contributed by atoms with Crippen molar-refractivity contribution in [2.24, 2.45) is 11.8 Å². The fourth-order valence-corrected chi connectivity index (χ4v) is 2.55. The summed E-state index contributed by atoms with van der Waals surface area (Å²) < 4.78 is 0. The van der Waals surface area contributed by atoms with Crippen molar-refractivity contribution in [3.05, 3.63) is 35.4 Å². The molecule has 1 aromatic rings. The molecule has 1 atom stereocenters. The molecule has 1 aromatic carbocycles. The van der Waals surface area contributed by atoms with E-state index in [1.165, 1.54) is 25.1 Å². The van der Waals surface area contributed by atoms with E-state index in [0.29, 0.717) is 0 Å². The van der Waals surface area contributed by atoms with Crippen LogP contribution in [-0.4, -0.2) is 18.0 Å². The maximum absolute atomic E-state index is 8.87. The van der Waals surface area contributed by atoms with E-state index >= 15 is 0 Å². The Morgan fingerprint density at radius 1 is 1.47 bits per heavy atom. The minimum absolute atomic E-state index is 0.766. The van der Waals surface area contributed by atoms with Gasteiger partial charge in [-0.1, -0.05) is 26.0 Å². The Bertz CT molecular complexity index is 417. The summed E-state index contributed by atoms with van der Waals surface area (Å²) in [6.07, 6.45) is 1.32. The first-order valence-electron chi connectivity index (χ1n) is 6.40. The molecule has 90 valence electrons. The zero-order chi connectivity index (χ0) is 12.3. The first-order valence-corrected chi connectivity index (χ1v) is 6.40. The molecular formula is C15H20N2. The Labute approximate surface area is 104 Å². The van der Waals surface area contributed by atoms with Crippen LogP contribution in [0.5, 0.6) is 0 Å². The molecule has 1 heterocycles. The number of hydrogen-bond acceptors (Lipinski definition) is 2. The third-order valence-electron chi connectivity index (χ3n) is 3.71. The molecule has 1 saturated heterocycles. The van der Waals surface area contributed by atoms with E-state index < -0.39 is 0 Å². The highest BCUT2D eigenvalue weighted by Gasteiger charge is 2.24. The van der Waals surface area contributed by atoms with Crippen LogP contribution < -0.4 is 0 Å². The van der Waals surface area contributed by atoms with Crippen molar-refractivity contribution < 1.29 is 0 Å². The van der Waals surface area contributed by atoms with Crippen molar-refractivity contribution in [1.29, 1.82) is 5.26 Å². The third kappa shape index (κ3) is 3.08. The average molecular weight is 228 g/mol. The number of rotatable bonds is 3. The summed E-state index contributed by atoms with van der Waals surface area (Å²) in [4.78, 5) is 2.50. The van der Waals surface area contributed by atoms with E-state index in [2.05, 4.69) is 30.9 Å². The van der Waals surface area contributed by atoms with Gasteiger partial charge in [0.2, 0.25) is 0 Å². The molecule has 2 nitrogen and oxygen atoms in total. The Morgan fingerprint density at radius 3 is 2.94 bits per heavy atom. The highest BCUT2D eigenvalue weighted by atomic mass is 15.1. The fourth-order valence-electron chi connectivity index (χ4n) is 2.55. The summed E-state index contributed by atoms with van der Waals surface area (Å²) >= 11 is 0. The number of likely N-dealkylation sites (tertiary alicyclic amines) is 1. The van der Waals surface area contributed by atoms with Crippen LogP contribution in [0, 0.1) is 23.2 Å². The normalized spacial score (nSPS) is 20.7. The summed E-state index contributed by atoms with van der Waals surface area (Å²) in [6.45, 7) is 8.00. The predicted octanol–water partition coefficient (Wildman–Crippen LogP) is 3.04. The summed E-state index contributed by atoms with van der Waals surface area (Å²) in [7, 11) is 0. The zero-order valence-electron chi connectivity index (χ0n) is 10.7. The first kappa shape index (κ1) is 12.1. The van der Waals surface area contributed by atoms with Gasteiger partial charge in [-0.2, -0.15) is 5.26 Å². The first-order chi connectivity index (χ1) is 8.19. The van der Waals surface area contributed by atoms with Gasteiger partial charge in [0, 0.05) is 13.1 Å². The van der Waals surface area contributed by atoms with Gasteiger partial charge in [-0.3, -0.25) is 4.90 Å². The van der Waals surface area contributed by atoms with Crippen molar-refractivity contribution in [3.8, 4) is 6.07 Å². The smallest absolute Gasteiger partial charge is 0.0991 e. The topological polar surface area (TPSA) is 27.0 Å². The third-order valence-corrected chi connectivity index (χ3v) is 3.71. The SMILES string of the molecule is CC(C)[C@@H]1CCN(Cc2cccc(C#N)c2)C1. The molecule has 0 bridgehead atoms. The van der Waals surface area contributed by atoms with E-state index in [0.717, 1.165) is 23.9 Å². The molecule has 1 aliphatic rings. The van der Waals surface area contributed by atoms with E-state index in [1.807, 2.05) is 18.2 Å². The van der Waals surface area contributed by atoms with Crippen LogP contribution in [0.25, 0.3) is 0 Å². The van der Waals surface area contributed by atoms with Gasteiger partial charge in [-0.05, 0) is 42.5 Å². The lowest BCUT2D eigenvalue weighted by Gasteiger charge is -2.17. The monoisotopic (exact) mass is 228 g/mol. The lowest BCUT2D eigenvalue weighted by Crippen LogP contribution is -2.21. The Kier molecular flexibility index (Phi) is 3.81. The van der Waals surface area contributed by atoms with E-state index in [4.69, 9.17) is 5.26 Å². The maximum atomic E-state index is 8.87. The van der Waals surface area contributed by atoms with Crippen molar-refractivity contribution in [2.75, 3.05) is 13.1 Å². The average Bonchev–Trinajstić information content (AvgIpc) is 2.78. The second-order valence-electron chi connectivity index (χ2n) is 5.34. The summed E-state index contributed by atoms with van der Waals surface area (Å²) in [6, 6.07) is 10.2. The zero-order valence-corrected chi connectivity index (χ0v) is 10.7. The van der Waals surface area contributed by atoms with Gasteiger partial charge in [0.25, 0.3) is 0 Å². The molecule has 0 aromatic heterocycles. The van der Waals surface area contributed by atoms with Gasteiger partial charge in [0.15, 0.2) is 0 Å². The van der Waals surface area contributed by atoms with Gasteiger partial charge < -0.3 is 0 Å². The molecule has 2 heteroatoms. The minimum Gasteiger partial charge on any atom is -0.299 e. The quantitative estimate of drug-likeness (QED) is 0.795. The van der Waals surface area contributed by atoms with Crippen LogP contribution in [-0.2, 0) is 6.54 Å². The Morgan fingerprint density at radius 2 is 2.29 bits per heavy atom. The van der Waals surface area contributed by atoms with Gasteiger partial charge in [-0.15, -0.1) is 0 Å². The molecular weight excluding hydrogens is 208 g/mol. The summed E-state index contributed by atoms with van der Waals surface area (Å²) in [5.41, 5.74) is 2.02. The van der Waals surface area contributed by atoms with Crippen LogP contribution in [0.15, 0.2) is 24.3 Å². The molecule has 17 heavy (non-hydrogen) atoms. The van der Waals surface area contributed by atoms with Crippen molar-refractivity contribution in [2.45, 2.75) is 26.8 Å². The van der Waals surface area contributed by atoms with E-state index in [1.54, 1.807) is 0 Å². The number of hydrogen-bond donors (Lipinski definition) is 0. The highest BCUT2D eigenvalue weighted by molar-refractivity contribution is 5.32. The van der Waals surface area contributed by atoms with Gasteiger partial charge in [0.1, 0.15) is 0 Å². The van der Waals surface area contributed by atoms with E-state index in [9.17, 15) is 0 Å². The Balaban J connectivity index is 1.96. The van der Waals surface area contributed by atoms with Crippen molar-refractivity contribution >= 4 is 0 Å². The predicted molar refractivity (Wildman–Crippen MR) is 69.4 cm³/mol. The molecule has 0 amide bonds. The van der Waals surface area contributed by atoms with Crippen LogP contribution in [0.2, 0.25) is 0 Å². The fraction of sp³-hybridized carbons (Fsp3) is 0.533. The maximum Gasteiger partial charge on any atom is 0.0991 e. The molecule has 1 fully saturated rings. The number of nitrogens with zero attached hydrogens (tertiary/aromatic N) is 2. The van der Waals surface area contributed by atoms with Gasteiger partial charge >= 0.3 is 0 Å². The van der Waals surface area contributed by atoms with Crippen LogP contribution >= 0.6 is 0 Å². The second kappa shape index (κ2) is 5.33. The largest absolute Gasteiger partial charge is 0.299 e. The molecule has 0 aliphatic carbocycles. The summed E-state index contributed by atoms with van der Waals surface area (Å²) in [5.74, 6) is 1.62. The highest BCUT2D eigenvalue weighted by Crippen LogP contribution is 2.24.